The average Bonchev–Trinajstić information content (AvgIpc) is 2.89. The average molecular weight is 336 g/mol. The highest BCUT2D eigenvalue weighted by Crippen LogP contribution is 2.37. The van der Waals surface area contributed by atoms with Crippen LogP contribution in [0.5, 0.6) is 0 Å². The fourth-order valence-electron chi connectivity index (χ4n) is 3.38. The maximum atomic E-state index is 12.8. The molecule has 3 nitrogen and oxygen atoms in total. The van der Waals surface area contributed by atoms with Gasteiger partial charge in [-0.05, 0) is 43.7 Å². The van der Waals surface area contributed by atoms with Gasteiger partial charge < -0.3 is 5.73 Å². The van der Waals surface area contributed by atoms with Gasteiger partial charge in [-0.1, -0.05) is 36.8 Å². The van der Waals surface area contributed by atoms with E-state index in [0.717, 1.165) is 28.6 Å². The predicted octanol–water partition coefficient (Wildman–Crippen LogP) is 4.54. The molecule has 1 atom stereocenters. The van der Waals surface area contributed by atoms with E-state index in [-0.39, 0.29) is 5.78 Å². The lowest BCUT2D eigenvalue weighted by atomic mass is 9.87. The number of carbonyl (C=O) groups excluding carboxylic acids is 1. The van der Waals surface area contributed by atoms with E-state index in [1.807, 2.05) is 31.2 Å². The molecule has 1 aliphatic rings. The minimum absolute atomic E-state index is 0.0122. The van der Waals surface area contributed by atoms with Crippen molar-refractivity contribution in [2.75, 3.05) is 5.73 Å². The highest BCUT2D eigenvalue weighted by atomic mass is 32.1. The number of fused-ring (bicyclic) bond motifs is 2. The van der Waals surface area contributed by atoms with Crippen molar-refractivity contribution in [2.45, 2.75) is 33.1 Å². The van der Waals surface area contributed by atoms with Crippen molar-refractivity contribution in [3.8, 4) is 0 Å². The number of pyridine rings is 1. The number of ketones is 1. The number of anilines is 1. The number of aromatic nitrogens is 1. The lowest BCUT2D eigenvalue weighted by Crippen LogP contribution is -2.12. The summed E-state index contributed by atoms with van der Waals surface area (Å²) in [4.78, 5) is 19.1. The van der Waals surface area contributed by atoms with Crippen LogP contribution in [0, 0.1) is 12.8 Å². The summed E-state index contributed by atoms with van der Waals surface area (Å²) >= 11 is 1.42. The molecule has 1 aromatic carbocycles. The van der Waals surface area contributed by atoms with E-state index in [4.69, 9.17) is 10.7 Å². The molecule has 2 heterocycles. The molecule has 1 aliphatic carbocycles. The second-order valence-corrected chi connectivity index (χ2v) is 7.83. The number of hydrogen-bond donors (Lipinski definition) is 1. The Hall–Kier alpha value is -2.20. The van der Waals surface area contributed by atoms with Crippen LogP contribution in [-0.2, 0) is 12.8 Å². The van der Waals surface area contributed by atoms with Crippen molar-refractivity contribution in [2.24, 2.45) is 5.92 Å². The number of rotatable bonds is 2. The highest BCUT2D eigenvalue weighted by molar-refractivity contribution is 7.21. The number of carbonyl (C=O) groups is 1. The molecule has 4 rings (SSSR count). The fraction of sp³-hybridized carbons (Fsp3) is 0.300. The molecule has 0 radical (unpaired) electrons. The van der Waals surface area contributed by atoms with Crippen molar-refractivity contribution in [3.63, 3.8) is 0 Å². The Morgan fingerprint density at radius 1 is 1.29 bits per heavy atom. The molecule has 0 saturated heterocycles. The van der Waals surface area contributed by atoms with Crippen LogP contribution in [0.15, 0.2) is 30.3 Å². The van der Waals surface area contributed by atoms with Gasteiger partial charge in [-0.25, -0.2) is 4.98 Å². The Balaban J connectivity index is 1.80. The van der Waals surface area contributed by atoms with Crippen LogP contribution in [-0.4, -0.2) is 10.8 Å². The normalized spacial score (nSPS) is 17.0. The van der Waals surface area contributed by atoms with Crippen LogP contribution in [0.2, 0.25) is 0 Å². The number of benzene rings is 1. The van der Waals surface area contributed by atoms with Gasteiger partial charge in [-0.15, -0.1) is 11.3 Å². The minimum atomic E-state index is -0.0122. The maximum Gasteiger partial charge on any atom is 0.205 e. The topological polar surface area (TPSA) is 56.0 Å². The Morgan fingerprint density at radius 2 is 2.04 bits per heavy atom. The highest BCUT2D eigenvalue weighted by Gasteiger charge is 2.22. The summed E-state index contributed by atoms with van der Waals surface area (Å²) in [6, 6.07) is 9.79. The van der Waals surface area contributed by atoms with Gasteiger partial charge in [0.15, 0.2) is 0 Å². The van der Waals surface area contributed by atoms with Crippen LogP contribution in [0.25, 0.3) is 10.2 Å². The van der Waals surface area contributed by atoms with E-state index in [1.54, 1.807) is 0 Å². The molecule has 0 saturated carbocycles. The van der Waals surface area contributed by atoms with Crippen LogP contribution in [0.4, 0.5) is 5.69 Å². The smallest absolute Gasteiger partial charge is 0.205 e. The van der Waals surface area contributed by atoms with Gasteiger partial charge in [0, 0.05) is 16.6 Å². The zero-order valence-corrected chi connectivity index (χ0v) is 14.7. The Kier molecular flexibility index (Phi) is 3.65. The van der Waals surface area contributed by atoms with Crippen molar-refractivity contribution in [1.29, 1.82) is 0 Å². The van der Waals surface area contributed by atoms with E-state index in [2.05, 4.69) is 13.0 Å². The molecule has 0 fully saturated rings. The molecule has 1 unspecified atom stereocenters. The minimum Gasteiger partial charge on any atom is -0.397 e. The molecule has 2 aromatic heterocycles. The van der Waals surface area contributed by atoms with Crippen LogP contribution in [0.3, 0.4) is 0 Å². The summed E-state index contributed by atoms with van der Waals surface area (Å²) < 4.78 is 0. The standard InChI is InChI=1S/C20H20N2OS/c1-11-3-6-13(7-4-11)18(23)19-17(21)15-10-14-9-12(2)5-8-16(14)22-20(15)24-19/h3-4,6-7,10,12H,5,8-9,21H2,1-2H3. The van der Waals surface area contributed by atoms with Gasteiger partial charge in [0.25, 0.3) is 0 Å². The van der Waals surface area contributed by atoms with Crippen molar-refractivity contribution >= 4 is 33.0 Å². The van der Waals surface area contributed by atoms with Gasteiger partial charge in [-0.3, -0.25) is 4.79 Å². The summed E-state index contributed by atoms with van der Waals surface area (Å²) in [6.45, 7) is 4.29. The Bertz CT molecular complexity index is 940. The fourth-order valence-corrected chi connectivity index (χ4v) is 4.44. The summed E-state index contributed by atoms with van der Waals surface area (Å²) in [5, 5.41) is 0.934. The van der Waals surface area contributed by atoms with E-state index >= 15 is 0 Å². The molecule has 122 valence electrons. The van der Waals surface area contributed by atoms with Gasteiger partial charge in [0.05, 0.1) is 5.69 Å². The van der Waals surface area contributed by atoms with E-state index < -0.39 is 0 Å². The monoisotopic (exact) mass is 336 g/mol. The summed E-state index contributed by atoms with van der Waals surface area (Å²) in [5.74, 6) is 0.673. The molecule has 0 amide bonds. The number of aryl methyl sites for hydroxylation is 2. The third-order valence-corrected chi connectivity index (χ3v) is 5.97. The molecule has 0 aliphatic heterocycles. The van der Waals surface area contributed by atoms with E-state index in [0.29, 0.717) is 22.0 Å². The zero-order valence-electron chi connectivity index (χ0n) is 13.9. The zero-order chi connectivity index (χ0) is 16.8. The predicted molar refractivity (Wildman–Crippen MR) is 99.8 cm³/mol. The Labute approximate surface area is 145 Å². The number of nitrogens with zero attached hydrogens (tertiary/aromatic N) is 1. The molecule has 4 heteroatoms. The van der Waals surface area contributed by atoms with E-state index in [9.17, 15) is 4.79 Å². The first-order valence-corrected chi connectivity index (χ1v) is 9.16. The van der Waals surface area contributed by atoms with Crippen molar-refractivity contribution < 1.29 is 4.79 Å². The molecule has 0 bridgehead atoms. The molecule has 2 N–H and O–H groups in total. The summed E-state index contributed by atoms with van der Waals surface area (Å²) in [5.41, 5.74) is 11.2. The third-order valence-electron chi connectivity index (χ3n) is 4.85. The molecule has 0 spiro atoms. The van der Waals surface area contributed by atoms with Gasteiger partial charge in [-0.2, -0.15) is 0 Å². The number of nitrogen functional groups attached to an aromatic ring is 1. The first-order valence-electron chi connectivity index (χ1n) is 8.35. The lowest BCUT2D eigenvalue weighted by Gasteiger charge is -2.20. The van der Waals surface area contributed by atoms with Gasteiger partial charge in [0.1, 0.15) is 9.71 Å². The van der Waals surface area contributed by atoms with Crippen molar-refractivity contribution in [1.82, 2.24) is 4.98 Å². The SMILES string of the molecule is Cc1ccc(C(=O)c2sc3nc4c(cc3c2N)CC(C)CC4)cc1. The van der Waals surface area contributed by atoms with Gasteiger partial charge in [0.2, 0.25) is 5.78 Å². The van der Waals surface area contributed by atoms with Crippen LogP contribution in [0.1, 0.15) is 45.4 Å². The van der Waals surface area contributed by atoms with Crippen LogP contribution < -0.4 is 5.73 Å². The third kappa shape index (κ3) is 2.51. The molecule has 3 aromatic rings. The van der Waals surface area contributed by atoms with Crippen LogP contribution >= 0.6 is 11.3 Å². The number of nitrogens with two attached hydrogens (primary N) is 1. The summed E-state index contributed by atoms with van der Waals surface area (Å²) in [7, 11) is 0. The Morgan fingerprint density at radius 3 is 2.79 bits per heavy atom. The maximum absolute atomic E-state index is 12.8. The molecule has 24 heavy (non-hydrogen) atoms. The first kappa shape index (κ1) is 15.3. The number of thiophene rings is 1. The molecular formula is C20H20N2OS. The second kappa shape index (κ2) is 5.71. The van der Waals surface area contributed by atoms with Gasteiger partial charge >= 0.3 is 0 Å². The first-order chi connectivity index (χ1) is 11.5. The lowest BCUT2D eigenvalue weighted by molar-refractivity contribution is 0.104. The quantitative estimate of drug-likeness (QED) is 0.699. The second-order valence-electron chi connectivity index (χ2n) is 6.83. The van der Waals surface area contributed by atoms with Crippen molar-refractivity contribution in [3.05, 3.63) is 57.6 Å². The number of hydrogen-bond acceptors (Lipinski definition) is 4. The summed E-state index contributed by atoms with van der Waals surface area (Å²) in [6.07, 6.45) is 3.25. The molecular weight excluding hydrogens is 316 g/mol. The largest absolute Gasteiger partial charge is 0.397 e. The van der Waals surface area contributed by atoms with E-state index in [1.165, 1.54) is 29.0 Å².